The number of nitrogen functional groups attached to an aromatic ring is 1. The lowest BCUT2D eigenvalue weighted by molar-refractivity contribution is 0.00953. The van der Waals surface area contributed by atoms with Crippen LogP contribution >= 0.6 is 0 Å². The molecule has 1 unspecified atom stereocenters. The number of aliphatic hydroxyl groups is 1. The SMILES string of the molecule is CC(C)C(C)(O)c1cccnc1N. The van der Waals surface area contributed by atoms with E-state index in [1.165, 1.54) is 0 Å². The van der Waals surface area contributed by atoms with Crippen LogP contribution in [-0.2, 0) is 5.60 Å². The van der Waals surface area contributed by atoms with E-state index in [2.05, 4.69) is 4.98 Å². The van der Waals surface area contributed by atoms with Crippen molar-refractivity contribution < 1.29 is 5.11 Å². The lowest BCUT2D eigenvalue weighted by Gasteiger charge is -2.28. The maximum atomic E-state index is 10.1. The van der Waals surface area contributed by atoms with E-state index in [1.54, 1.807) is 19.2 Å². The first-order valence-electron chi connectivity index (χ1n) is 4.39. The number of hydrogen-bond donors (Lipinski definition) is 2. The third-order valence-electron chi connectivity index (χ3n) is 2.51. The highest BCUT2D eigenvalue weighted by Gasteiger charge is 2.29. The fourth-order valence-corrected chi connectivity index (χ4v) is 1.16. The number of aromatic nitrogens is 1. The van der Waals surface area contributed by atoms with Gasteiger partial charge in [0.2, 0.25) is 0 Å². The van der Waals surface area contributed by atoms with Gasteiger partial charge in [-0.05, 0) is 18.9 Å². The molecule has 0 aliphatic rings. The normalized spacial score (nSPS) is 15.8. The predicted octanol–water partition coefficient (Wildman–Crippen LogP) is 1.53. The second kappa shape index (κ2) is 3.34. The van der Waals surface area contributed by atoms with Gasteiger partial charge < -0.3 is 10.8 Å². The number of nitrogens with zero attached hydrogens (tertiary/aromatic N) is 1. The number of pyridine rings is 1. The lowest BCUT2D eigenvalue weighted by Crippen LogP contribution is -2.29. The van der Waals surface area contributed by atoms with Gasteiger partial charge in [-0.1, -0.05) is 19.9 Å². The molecule has 3 N–H and O–H groups in total. The zero-order valence-electron chi connectivity index (χ0n) is 8.28. The summed E-state index contributed by atoms with van der Waals surface area (Å²) in [5, 5.41) is 10.1. The van der Waals surface area contributed by atoms with Crippen LogP contribution in [-0.4, -0.2) is 10.1 Å². The minimum Gasteiger partial charge on any atom is -0.385 e. The van der Waals surface area contributed by atoms with Gasteiger partial charge in [0.1, 0.15) is 5.82 Å². The highest BCUT2D eigenvalue weighted by Crippen LogP contribution is 2.31. The minimum atomic E-state index is -0.904. The van der Waals surface area contributed by atoms with Crippen LogP contribution in [0.5, 0.6) is 0 Å². The summed E-state index contributed by atoms with van der Waals surface area (Å²) in [4.78, 5) is 3.95. The average molecular weight is 180 g/mol. The Hall–Kier alpha value is -1.09. The molecule has 0 saturated carbocycles. The van der Waals surface area contributed by atoms with Gasteiger partial charge in [0.25, 0.3) is 0 Å². The van der Waals surface area contributed by atoms with E-state index < -0.39 is 5.60 Å². The van der Waals surface area contributed by atoms with Gasteiger partial charge in [0.15, 0.2) is 0 Å². The quantitative estimate of drug-likeness (QED) is 0.725. The fourth-order valence-electron chi connectivity index (χ4n) is 1.16. The third kappa shape index (κ3) is 1.80. The van der Waals surface area contributed by atoms with E-state index in [9.17, 15) is 5.11 Å². The molecule has 0 saturated heterocycles. The molecule has 72 valence electrons. The van der Waals surface area contributed by atoms with Gasteiger partial charge in [0, 0.05) is 11.8 Å². The van der Waals surface area contributed by atoms with Crippen molar-refractivity contribution in [2.45, 2.75) is 26.4 Å². The Kier molecular flexibility index (Phi) is 2.57. The van der Waals surface area contributed by atoms with E-state index in [-0.39, 0.29) is 5.92 Å². The van der Waals surface area contributed by atoms with E-state index in [0.29, 0.717) is 11.4 Å². The van der Waals surface area contributed by atoms with E-state index in [1.807, 2.05) is 19.9 Å². The number of hydrogen-bond acceptors (Lipinski definition) is 3. The van der Waals surface area contributed by atoms with Crippen molar-refractivity contribution in [1.82, 2.24) is 4.98 Å². The molecular weight excluding hydrogens is 164 g/mol. The second-order valence-electron chi connectivity index (χ2n) is 3.74. The van der Waals surface area contributed by atoms with E-state index >= 15 is 0 Å². The highest BCUT2D eigenvalue weighted by molar-refractivity contribution is 5.42. The van der Waals surface area contributed by atoms with Crippen LogP contribution in [0.1, 0.15) is 26.3 Å². The summed E-state index contributed by atoms with van der Waals surface area (Å²) in [6.07, 6.45) is 1.62. The molecule has 1 aromatic heterocycles. The average Bonchev–Trinajstić information content (AvgIpc) is 2.04. The van der Waals surface area contributed by atoms with Crippen LogP contribution in [0.25, 0.3) is 0 Å². The minimum absolute atomic E-state index is 0.110. The summed E-state index contributed by atoms with van der Waals surface area (Å²) < 4.78 is 0. The Morgan fingerprint density at radius 1 is 1.54 bits per heavy atom. The zero-order valence-corrected chi connectivity index (χ0v) is 8.28. The fraction of sp³-hybridized carbons (Fsp3) is 0.500. The Morgan fingerprint density at radius 3 is 2.62 bits per heavy atom. The van der Waals surface area contributed by atoms with Gasteiger partial charge in [-0.25, -0.2) is 4.98 Å². The number of nitrogens with two attached hydrogens (primary N) is 1. The van der Waals surface area contributed by atoms with Crippen LogP contribution in [0.2, 0.25) is 0 Å². The molecule has 0 aliphatic carbocycles. The van der Waals surface area contributed by atoms with Crippen molar-refractivity contribution >= 4 is 5.82 Å². The Balaban J connectivity index is 3.14. The van der Waals surface area contributed by atoms with Gasteiger partial charge in [-0.3, -0.25) is 0 Å². The summed E-state index contributed by atoms with van der Waals surface area (Å²) in [6, 6.07) is 3.59. The molecule has 1 rings (SSSR count). The van der Waals surface area contributed by atoms with Crippen molar-refractivity contribution in [3.63, 3.8) is 0 Å². The molecule has 0 aromatic carbocycles. The summed E-state index contributed by atoms with van der Waals surface area (Å²) in [5.41, 5.74) is 5.47. The first-order valence-corrected chi connectivity index (χ1v) is 4.39. The molecule has 3 heteroatoms. The summed E-state index contributed by atoms with van der Waals surface area (Å²) in [7, 11) is 0. The third-order valence-corrected chi connectivity index (χ3v) is 2.51. The summed E-state index contributed by atoms with van der Waals surface area (Å²) in [6.45, 7) is 5.66. The summed E-state index contributed by atoms with van der Waals surface area (Å²) in [5.74, 6) is 0.514. The number of anilines is 1. The van der Waals surface area contributed by atoms with Crippen LogP contribution < -0.4 is 5.73 Å². The van der Waals surface area contributed by atoms with Gasteiger partial charge in [0.05, 0.1) is 5.60 Å². The molecule has 1 aromatic rings. The molecule has 1 atom stereocenters. The molecule has 0 aliphatic heterocycles. The molecule has 0 fully saturated rings. The zero-order chi connectivity index (χ0) is 10.1. The molecule has 0 radical (unpaired) electrons. The predicted molar refractivity (Wildman–Crippen MR) is 53.1 cm³/mol. The molecule has 0 bridgehead atoms. The molecule has 0 spiro atoms. The molecular formula is C10H16N2O. The maximum absolute atomic E-state index is 10.1. The van der Waals surface area contributed by atoms with Crippen LogP contribution in [0, 0.1) is 5.92 Å². The Labute approximate surface area is 78.6 Å². The van der Waals surface area contributed by atoms with Crippen molar-refractivity contribution in [2.24, 2.45) is 5.92 Å². The Bertz CT molecular complexity index is 295. The first kappa shape index (κ1) is 9.99. The van der Waals surface area contributed by atoms with Crippen LogP contribution in [0.3, 0.4) is 0 Å². The molecule has 1 heterocycles. The second-order valence-corrected chi connectivity index (χ2v) is 3.74. The smallest absolute Gasteiger partial charge is 0.129 e. The molecule has 3 nitrogen and oxygen atoms in total. The first-order chi connectivity index (χ1) is 5.96. The van der Waals surface area contributed by atoms with Crippen LogP contribution in [0.4, 0.5) is 5.82 Å². The molecule has 0 amide bonds. The topological polar surface area (TPSA) is 59.1 Å². The maximum Gasteiger partial charge on any atom is 0.129 e. The molecule has 13 heavy (non-hydrogen) atoms. The lowest BCUT2D eigenvalue weighted by atomic mass is 9.85. The standard InChI is InChI=1S/C10H16N2O/c1-7(2)10(3,13)8-5-4-6-12-9(8)11/h4-7,13H,1-3H3,(H2,11,12). The van der Waals surface area contributed by atoms with E-state index in [4.69, 9.17) is 5.73 Å². The van der Waals surface area contributed by atoms with Gasteiger partial charge in [-0.15, -0.1) is 0 Å². The van der Waals surface area contributed by atoms with Crippen molar-refractivity contribution in [3.05, 3.63) is 23.9 Å². The summed E-state index contributed by atoms with van der Waals surface area (Å²) >= 11 is 0. The van der Waals surface area contributed by atoms with Gasteiger partial charge >= 0.3 is 0 Å². The highest BCUT2D eigenvalue weighted by atomic mass is 16.3. The number of rotatable bonds is 2. The van der Waals surface area contributed by atoms with Gasteiger partial charge in [-0.2, -0.15) is 0 Å². The largest absolute Gasteiger partial charge is 0.385 e. The van der Waals surface area contributed by atoms with E-state index in [0.717, 1.165) is 0 Å². The van der Waals surface area contributed by atoms with Crippen molar-refractivity contribution in [3.8, 4) is 0 Å². The van der Waals surface area contributed by atoms with Crippen LogP contribution in [0.15, 0.2) is 18.3 Å². The monoisotopic (exact) mass is 180 g/mol. The van der Waals surface area contributed by atoms with Crippen molar-refractivity contribution in [1.29, 1.82) is 0 Å². The van der Waals surface area contributed by atoms with Crippen molar-refractivity contribution in [2.75, 3.05) is 5.73 Å². The Morgan fingerprint density at radius 2 is 2.15 bits per heavy atom.